The van der Waals surface area contributed by atoms with E-state index in [4.69, 9.17) is 0 Å². The van der Waals surface area contributed by atoms with Crippen molar-refractivity contribution in [3.8, 4) is 0 Å². The molecule has 0 aromatic rings. The molecule has 1 saturated heterocycles. The Bertz CT molecular complexity index is 340. The zero-order valence-corrected chi connectivity index (χ0v) is 12.6. The van der Waals surface area contributed by atoms with Crippen molar-refractivity contribution in [2.24, 2.45) is 23.7 Å². The second kappa shape index (κ2) is 5.46. The van der Waals surface area contributed by atoms with Crippen LogP contribution in [0.25, 0.3) is 0 Å². The van der Waals surface area contributed by atoms with E-state index in [0.717, 1.165) is 30.7 Å². The molecule has 1 aliphatic heterocycles. The quantitative estimate of drug-likeness (QED) is 0.741. The molecule has 0 N–H and O–H groups in total. The van der Waals surface area contributed by atoms with Gasteiger partial charge in [-0.2, -0.15) is 0 Å². The molecule has 0 radical (unpaired) electrons. The summed E-state index contributed by atoms with van der Waals surface area (Å²) in [6.45, 7) is 5.55. The molecule has 1 heterocycles. The van der Waals surface area contributed by atoms with Crippen molar-refractivity contribution in [1.82, 2.24) is 4.90 Å². The topological polar surface area (TPSA) is 20.3 Å². The monoisotopic (exact) mass is 263 g/mol. The number of amides is 1. The summed E-state index contributed by atoms with van der Waals surface area (Å²) in [6.07, 6.45) is 10.2. The van der Waals surface area contributed by atoms with Crippen LogP contribution in [-0.4, -0.2) is 23.4 Å². The zero-order valence-electron chi connectivity index (χ0n) is 12.6. The van der Waals surface area contributed by atoms with Crippen LogP contribution >= 0.6 is 0 Å². The minimum absolute atomic E-state index is 0.457. The molecule has 0 aromatic carbocycles. The molecular weight excluding hydrogens is 234 g/mol. The van der Waals surface area contributed by atoms with E-state index in [-0.39, 0.29) is 0 Å². The fourth-order valence-electron chi connectivity index (χ4n) is 4.84. The highest BCUT2D eigenvalue weighted by Gasteiger charge is 2.41. The largest absolute Gasteiger partial charge is 0.340 e. The van der Waals surface area contributed by atoms with Gasteiger partial charge in [-0.15, -0.1) is 0 Å². The second-order valence-corrected chi connectivity index (χ2v) is 7.57. The van der Waals surface area contributed by atoms with Gasteiger partial charge in [0.2, 0.25) is 5.91 Å². The lowest BCUT2D eigenvalue weighted by Crippen LogP contribution is -2.41. The molecule has 2 bridgehead atoms. The van der Waals surface area contributed by atoms with E-state index in [0.29, 0.717) is 17.9 Å². The first kappa shape index (κ1) is 13.5. The van der Waals surface area contributed by atoms with E-state index < -0.39 is 0 Å². The lowest BCUT2D eigenvalue weighted by Gasteiger charge is -2.31. The molecule has 2 heteroatoms. The maximum absolute atomic E-state index is 12.7. The standard InChI is InChI=1S/C17H29NO/c1-12-4-3-5-13(2)18(11-12)17(19)10-16-9-14-6-7-15(16)8-14/h12-16H,3-11H2,1-2H3/t12-,13-,14+,15+,16-/m1/s1. The van der Waals surface area contributed by atoms with Crippen LogP contribution in [0.4, 0.5) is 0 Å². The van der Waals surface area contributed by atoms with Gasteiger partial charge in [-0.3, -0.25) is 4.79 Å². The number of carbonyl (C=O) groups is 1. The Labute approximate surface area is 117 Å². The van der Waals surface area contributed by atoms with E-state index in [1.807, 2.05) is 0 Å². The van der Waals surface area contributed by atoms with Crippen molar-refractivity contribution in [2.45, 2.75) is 71.3 Å². The molecular formula is C17H29NO. The van der Waals surface area contributed by atoms with Gasteiger partial charge in [0.15, 0.2) is 0 Å². The van der Waals surface area contributed by atoms with Crippen LogP contribution in [0.2, 0.25) is 0 Å². The first-order chi connectivity index (χ1) is 9.13. The predicted molar refractivity (Wildman–Crippen MR) is 77.7 cm³/mol. The molecule has 3 aliphatic rings. The van der Waals surface area contributed by atoms with E-state index >= 15 is 0 Å². The summed E-state index contributed by atoms with van der Waals surface area (Å²) in [5.74, 6) is 3.71. The van der Waals surface area contributed by atoms with Crippen LogP contribution in [0.15, 0.2) is 0 Å². The van der Waals surface area contributed by atoms with E-state index in [2.05, 4.69) is 18.7 Å². The van der Waals surface area contributed by atoms with Crippen molar-refractivity contribution < 1.29 is 4.79 Å². The molecule has 19 heavy (non-hydrogen) atoms. The Morgan fingerprint density at radius 1 is 1.11 bits per heavy atom. The second-order valence-electron chi connectivity index (χ2n) is 7.57. The van der Waals surface area contributed by atoms with Gasteiger partial charge in [0, 0.05) is 19.0 Å². The smallest absolute Gasteiger partial charge is 0.223 e. The SMILES string of the molecule is C[C@@H]1CCC[C@@H](C)N(C(=O)C[C@H]2C[C@H]3CC[C@H]2C3)C1. The summed E-state index contributed by atoms with van der Waals surface area (Å²) >= 11 is 0. The van der Waals surface area contributed by atoms with Gasteiger partial charge in [-0.25, -0.2) is 0 Å². The van der Waals surface area contributed by atoms with Gasteiger partial charge in [-0.05, 0) is 62.7 Å². The minimum Gasteiger partial charge on any atom is -0.340 e. The van der Waals surface area contributed by atoms with Crippen molar-refractivity contribution in [2.75, 3.05) is 6.54 Å². The van der Waals surface area contributed by atoms with Crippen LogP contribution in [0, 0.1) is 23.7 Å². The lowest BCUT2D eigenvalue weighted by atomic mass is 9.86. The third-order valence-electron chi connectivity index (χ3n) is 6.00. The molecule has 0 aromatic heterocycles. The number of rotatable bonds is 2. The fourth-order valence-corrected chi connectivity index (χ4v) is 4.84. The molecule has 108 valence electrons. The number of hydrogen-bond donors (Lipinski definition) is 0. The molecule has 3 fully saturated rings. The van der Waals surface area contributed by atoms with Crippen LogP contribution < -0.4 is 0 Å². The van der Waals surface area contributed by atoms with Gasteiger partial charge in [0.25, 0.3) is 0 Å². The average Bonchev–Trinajstić information content (AvgIpc) is 2.93. The number of fused-ring (bicyclic) bond motifs is 2. The third-order valence-corrected chi connectivity index (χ3v) is 6.00. The highest BCUT2D eigenvalue weighted by molar-refractivity contribution is 5.77. The van der Waals surface area contributed by atoms with E-state index in [1.54, 1.807) is 0 Å². The molecule has 0 unspecified atom stereocenters. The maximum atomic E-state index is 12.7. The predicted octanol–water partition coefficient (Wildman–Crippen LogP) is 3.85. The third kappa shape index (κ3) is 2.83. The number of carbonyl (C=O) groups excluding carboxylic acids is 1. The molecule has 3 rings (SSSR count). The molecule has 0 spiro atoms. The molecule has 2 saturated carbocycles. The fraction of sp³-hybridized carbons (Fsp3) is 0.941. The van der Waals surface area contributed by atoms with Crippen molar-refractivity contribution >= 4 is 5.91 Å². The first-order valence-corrected chi connectivity index (χ1v) is 8.43. The zero-order chi connectivity index (χ0) is 13.4. The number of nitrogens with zero attached hydrogens (tertiary/aromatic N) is 1. The Morgan fingerprint density at radius 2 is 1.95 bits per heavy atom. The summed E-state index contributed by atoms with van der Waals surface area (Å²) < 4.78 is 0. The highest BCUT2D eigenvalue weighted by atomic mass is 16.2. The van der Waals surface area contributed by atoms with Gasteiger partial charge in [0.1, 0.15) is 0 Å². The molecule has 1 amide bonds. The Morgan fingerprint density at radius 3 is 2.63 bits per heavy atom. The summed E-state index contributed by atoms with van der Waals surface area (Å²) in [6, 6.07) is 0.469. The summed E-state index contributed by atoms with van der Waals surface area (Å²) in [5.41, 5.74) is 0. The summed E-state index contributed by atoms with van der Waals surface area (Å²) in [5, 5.41) is 0. The van der Waals surface area contributed by atoms with Crippen LogP contribution in [-0.2, 0) is 4.79 Å². The molecule has 2 aliphatic carbocycles. The number of likely N-dealkylation sites (tertiary alicyclic amines) is 1. The Balaban J connectivity index is 1.59. The molecule has 5 atom stereocenters. The highest BCUT2D eigenvalue weighted by Crippen LogP contribution is 2.49. The summed E-state index contributed by atoms with van der Waals surface area (Å²) in [4.78, 5) is 14.9. The van der Waals surface area contributed by atoms with Crippen LogP contribution in [0.3, 0.4) is 0 Å². The average molecular weight is 263 g/mol. The first-order valence-electron chi connectivity index (χ1n) is 8.43. The van der Waals surface area contributed by atoms with Gasteiger partial charge in [0.05, 0.1) is 0 Å². The van der Waals surface area contributed by atoms with Gasteiger partial charge in [-0.1, -0.05) is 19.8 Å². The van der Waals surface area contributed by atoms with Gasteiger partial charge < -0.3 is 4.90 Å². The van der Waals surface area contributed by atoms with Crippen molar-refractivity contribution in [3.63, 3.8) is 0 Å². The van der Waals surface area contributed by atoms with E-state index in [9.17, 15) is 4.79 Å². The maximum Gasteiger partial charge on any atom is 0.223 e. The van der Waals surface area contributed by atoms with Crippen LogP contribution in [0.5, 0.6) is 0 Å². The summed E-state index contributed by atoms with van der Waals surface area (Å²) in [7, 11) is 0. The lowest BCUT2D eigenvalue weighted by molar-refractivity contribution is -0.135. The molecule has 2 nitrogen and oxygen atoms in total. The normalized spacial score (nSPS) is 42.4. The Hall–Kier alpha value is -0.530. The Kier molecular flexibility index (Phi) is 3.86. The van der Waals surface area contributed by atoms with Gasteiger partial charge >= 0.3 is 0 Å². The van der Waals surface area contributed by atoms with E-state index in [1.165, 1.54) is 44.9 Å². The van der Waals surface area contributed by atoms with Crippen molar-refractivity contribution in [3.05, 3.63) is 0 Å². The van der Waals surface area contributed by atoms with Crippen LogP contribution in [0.1, 0.15) is 65.2 Å². The van der Waals surface area contributed by atoms with Crippen molar-refractivity contribution in [1.29, 1.82) is 0 Å². The minimum atomic E-state index is 0.457. The number of hydrogen-bond acceptors (Lipinski definition) is 1.